The zero-order valence-electron chi connectivity index (χ0n) is 17.8. The van der Waals surface area contributed by atoms with Crippen molar-refractivity contribution >= 4 is 11.8 Å². The van der Waals surface area contributed by atoms with E-state index in [1.165, 1.54) is 6.07 Å². The van der Waals surface area contributed by atoms with Crippen molar-refractivity contribution in [2.75, 3.05) is 13.1 Å². The minimum Gasteiger partial charge on any atom is -0.481 e. The van der Waals surface area contributed by atoms with Crippen LogP contribution in [0, 0.1) is 11.6 Å². The lowest BCUT2D eigenvalue weighted by Gasteiger charge is -2.35. The second-order valence-electron chi connectivity index (χ2n) is 7.82. The predicted octanol–water partition coefficient (Wildman–Crippen LogP) is 4.03. The number of ether oxygens (including phenoxy) is 1. The summed E-state index contributed by atoms with van der Waals surface area (Å²) < 4.78 is 31.8. The standard InChI is InChI=1S/C24H28F2N2O3/c1-3-20(17-7-5-4-6-8-17)24(30)28-13-11-18(12-14-28)27-23(29)16(2)31-19-9-10-21(25)22(26)15-19/h4-10,15-16,18,20H,3,11-14H2,1-2H3,(H,27,29). The van der Waals surface area contributed by atoms with E-state index in [9.17, 15) is 18.4 Å². The van der Waals surface area contributed by atoms with Crippen LogP contribution in [0.3, 0.4) is 0 Å². The number of amides is 2. The third kappa shape index (κ3) is 5.81. The minimum atomic E-state index is -1.02. The molecule has 0 aliphatic carbocycles. The van der Waals surface area contributed by atoms with Gasteiger partial charge in [-0.2, -0.15) is 0 Å². The lowest BCUT2D eigenvalue weighted by molar-refractivity contribution is -0.134. The Labute approximate surface area is 181 Å². The summed E-state index contributed by atoms with van der Waals surface area (Å²) >= 11 is 0. The molecule has 2 aromatic rings. The Hall–Kier alpha value is -2.96. The molecule has 1 fully saturated rings. The van der Waals surface area contributed by atoms with Crippen LogP contribution >= 0.6 is 0 Å². The van der Waals surface area contributed by atoms with Gasteiger partial charge in [-0.15, -0.1) is 0 Å². The van der Waals surface area contributed by atoms with E-state index in [1.54, 1.807) is 6.92 Å². The van der Waals surface area contributed by atoms with Gasteiger partial charge in [0.1, 0.15) is 5.75 Å². The molecule has 166 valence electrons. The fraction of sp³-hybridized carbons (Fsp3) is 0.417. The van der Waals surface area contributed by atoms with Gasteiger partial charge < -0.3 is 15.0 Å². The Bertz CT molecular complexity index is 899. The number of benzene rings is 2. The molecule has 2 amide bonds. The number of nitrogens with one attached hydrogen (secondary N) is 1. The van der Waals surface area contributed by atoms with E-state index in [0.717, 1.165) is 24.1 Å². The summed E-state index contributed by atoms with van der Waals surface area (Å²) in [5.74, 6) is -2.27. The Kier molecular flexibility index (Phi) is 7.60. The summed E-state index contributed by atoms with van der Waals surface area (Å²) in [5, 5.41) is 2.93. The first-order chi connectivity index (χ1) is 14.9. The Balaban J connectivity index is 1.49. The molecule has 0 saturated carbocycles. The molecule has 3 rings (SSSR count). The van der Waals surface area contributed by atoms with Crippen molar-refractivity contribution in [2.45, 2.75) is 51.2 Å². The van der Waals surface area contributed by atoms with Gasteiger partial charge in [0.05, 0.1) is 5.92 Å². The molecule has 1 heterocycles. The summed E-state index contributed by atoms with van der Waals surface area (Å²) in [4.78, 5) is 27.3. The van der Waals surface area contributed by atoms with Crippen molar-refractivity contribution in [3.05, 3.63) is 65.7 Å². The highest BCUT2D eigenvalue weighted by Gasteiger charge is 2.29. The zero-order chi connectivity index (χ0) is 22.4. The summed E-state index contributed by atoms with van der Waals surface area (Å²) in [6.07, 6.45) is 1.19. The van der Waals surface area contributed by atoms with Crippen molar-refractivity contribution in [3.63, 3.8) is 0 Å². The van der Waals surface area contributed by atoms with E-state index < -0.39 is 17.7 Å². The lowest BCUT2D eigenvalue weighted by Crippen LogP contribution is -2.50. The quantitative estimate of drug-likeness (QED) is 0.722. The number of halogens is 2. The van der Waals surface area contributed by atoms with Gasteiger partial charge in [-0.3, -0.25) is 9.59 Å². The predicted molar refractivity (Wildman–Crippen MR) is 114 cm³/mol. The highest BCUT2D eigenvalue weighted by molar-refractivity contribution is 5.84. The average Bonchev–Trinajstić information content (AvgIpc) is 2.78. The first kappa shape index (κ1) is 22.7. The maximum Gasteiger partial charge on any atom is 0.260 e. The number of rotatable bonds is 7. The average molecular weight is 430 g/mol. The summed E-state index contributed by atoms with van der Waals surface area (Å²) in [6, 6.07) is 12.9. The third-order valence-electron chi connectivity index (χ3n) is 5.63. The molecule has 1 aliphatic heterocycles. The summed E-state index contributed by atoms with van der Waals surface area (Å²) in [7, 11) is 0. The van der Waals surface area contributed by atoms with Gasteiger partial charge in [-0.25, -0.2) is 8.78 Å². The molecule has 1 aliphatic rings. The molecule has 2 atom stereocenters. The topological polar surface area (TPSA) is 58.6 Å². The molecule has 0 bridgehead atoms. The van der Waals surface area contributed by atoms with Crippen LogP contribution in [0.2, 0.25) is 0 Å². The van der Waals surface area contributed by atoms with E-state index in [4.69, 9.17) is 4.74 Å². The number of nitrogens with zero attached hydrogens (tertiary/aromatic N) is 1. The number of hydrogen-bond acceptors (Lipinski definition) is 3. The number of likely N-dealkylation sites (tertiary alicyclic amines) is 1. The van der Waals surface area contributed by atoms with Gasteiger partial charge in [-0.05, 0) is 43.9 Å². The Morgan fingerprint density at radius 3 is 2.39 bits per heavy atom. The van der Waals surface area contributed by atoms with Crippen LogP contribution < -0.4 is 10.1 Å². The molecular weight excluding hydrogens is 402 g/mol. The molecule has 2 unspecified atom stereocenters. The van der Waals surface area contributed by atoms with Crippen molar-refractivity contribution in [1.29, 1.82) is 0 Å². The van der Waals surface area contributed by atoms with Gasteiger partial charge in [0.2, 0.25) is 5.91 Å². The second-order valence-corrected chi connectivity index (χ2v) is 7.82. The van der Waals surface area contributed by atoms with Crippen LogP contribution in [0.1, 0.15) is 44.6 Å². The fourth-order valence-corrected chi connectivity index (χ4v) is 3.83. The third-order valence-corrected chi connectivity index (χ3v) is 5.63. The molecule has 0 aromatic heterocycles. The minimum absolute atomic E-state index is 0.0654. The van der Waals surface area contributed by atoms with Crippen LogP contribution in [0.25, 0.3) is 0 Å². The Morgan fingerprint density at radius 2 is 1.77 bits per heavy atom. The second kappa shape index (κ2) is 10.4. The van der Waals surface area contributed by atoms with Crippen molar-refractivity contribution in [1.82, 2.24) is 10.2 Å². The normalized spacial score (nSPS) is 16.5. The first-order valence-electron chi connectivity index (χ1n) is 10.6. The summed E-state index contributed by atoms with van der Waals surface area (Å²) in [6.45, 7) is 4.72. The molecule has 5 nitrogen and oxygen atoms in total. The Morgan fingerprint density at radius 1 is 1.10 bits per heavy atom. The van der Waals surface area contributed by atoms with E-state index in [-0.39, 0.29) is 29.5 Å². The molecule has 0 spiro atoms. The molecule has 1 saturated heterocycles. The van der Waals surface area contributed by atoms with Gasteiger partial charge in [-0.1, -0.05) is 37.3 Å². The molecule has 2 aromatic carbocycles. The lowest BCUT2D eigenvalue weighted by atomic mass is 9.93. The molecular formula is C24H28F2N2O3. The van der Waals surface area contributed by atoms with Crippen molar-refractivity contribution in [3.8, 4) is 5.75 Å². The van der Waals surface area contributed by atoms with Gasteiger partial charge in [0.25, 0.3) is 5.91 Å². The highest BCUT2D eigenvalue weighted by atomic mass is 19.2. The monoisotopic (exact) mass is 430 g/mol. The van der Waals surface area contributed by atoms with Crippen LogP contribution in [0.5, 0.6) is 5.75 Å². The molecule has 31 heavy (non-hydrogen) atoms. The maximum atomic E-state index is 13.3. The molecule has 1 N–H and O–H groups in total. The van der Waals surface area contributed by atoms with Crippen LogP contribution in [-0.2, 0) is 9.59 Å². The van der Waals surface area contributed by atoms with Crippen LogP contribution in [0.15, 0.2) is 48.5 Å². The van der Waals surface area contributed by atoms with Gasteiger partial charge >= 0.3 is 0 Å². The van der Waals surface area contributed by atoms with Gasteiger partial charge in [0.15, 0.2) is 17.7 Å². The van der Waals surface area contributed by atoms with Crippen molar-refractivity contribution < 1.29 is 23.1 Å². The smallest absolute Gasteiger partial charge is 0.260 e. The number of hydrogen-bond donors (Lipinski definition) is 1. The molecule has 0 radical (unpaired) electrons. The van der Waals surface area contributed by atoms with Crippen LogP contribution in [-0.4, -0.2) is 41.9 Å². The summed E-state index contributed by atoms with van der Waals surface area (Å²) in [5.41, 5.74) is 1.02. The first-order valence-corrected chi connectivity index (χ1v) is 10.6. The van der Waals surface area contributed by atoms with E-state index in [2.05, 4.69) is 5.32 Å². The fourth-order valence-electron chi connectivity index (χ4n) is 3.83. The zero-order valence-corrected chi connectivity index (χ0v) is 17.8. The number of carbonyl (C=O) groups excluding carboxylic acids is 2. The maximum absolute atomic E-state index is 13.3. The van der Waals surface area contributed by atoms with Gasteiger partial charge in [0, 0.05) is 25.2 Å². The highest BCUT2D eigenvalue weighted by Crippen LogP contribution is 2.24. The SMILES string of the molecule is CCC(C(=O)N1CCC(NC(=O)C(C)Oc2ccc(F)c(F)c2)CC1)c1ccccc1. The largest absolute Gasteiger partial charge is 0.481 e. The number of piperidine rings is 1. The van der Waals surface area contributed by atoms with E-state index >= 15 is 0 Å². The molecule has 7 heteroatoms. The van der Waals surface area contributed by atoms with Crippen LogP contribution in [0.4, 0.5) is 8.78 Å². The van der Waals surface area contributed by atoms with Crippen molar-refractivity contribution in [2.24, 2.45) is 0 Å². The number of carbonyl (C=O) groups is 2. The van der Waals surface area contributed by atoms with E-state index in [0.29, 0.717) is 25.9 Å². The van der Waals surface area contributed by atoms with E-state index in [1.807, 2.05) is 42.2 Å².